The summed E-state index contributed by atoms with van der Waals surface area (Å²) >= 11 is 1.51. The maximum Gasteiger partial charge on any atom is 0.263 e. The molecule has 0 aliphatic carbocycles. The van der Waals surface area contributed by atoms with Crippen LogP contribution < -0.4 is 10.9 Å². The van der Waals surface area contributed by atoms with Gasteiger partial charge in [0.15, 0.2) is 0 Å². The summed E-state index contributed by atoms with van der Waals surface area (Å²) in [5.74, 6) is -0.164. The van der Waals surface area contributed by atoms with Crippen molar-refractivity contribution in [3.8, 4) is 11.1 Å². The van der Waals surface area contributed by atoms with Gasteiger partial charge in [-0.1, -0.05) is 43.7 Å². The Morgan fingerprint density at radius 3 is 2.73 bits per heavy atom. The number of aryl methyl sites for hydroxylation is 1. The second kappa shape index (κ2) is 7.83. The van der Waals surface area contributed by atoms with Crippen LogP contribution in [0.25, 0.3) is 21.3 Å². The van der Waals surface area contributed by atoms with E-state index in [0.717, 1.165) is 28.8 Å². The molecule has 3 rings (SSSR count). The number of amides is 1. The Kier molecular flexibility index (Phi) is 5.52. The van der Waals surface area contributed by atoms with Crippen LogP contribution in [0.15, 0.2) is 41.5 Å². The molecule has 1 unspecified atom stereocenters. The molecule has 0 aliphatic heterocycles. The molecule has 2 heterocycles. The standard InChI is InChI=1S/C20H23N3O2S/c1-4-8-13(2)22-16(24)11-23-12-21-19-18(20(23)25)17(14(3)26-19)15-9-6-5-7-10-15/h5-7,9-10,12-13H,4,8,11H2,1-3H3,(H,22,24). The second-order valence-corrected chi connectivity index (χ2v) is 7.72. The summed E-state index contributed by atoms with van der Waals surface area (Å²) in [4.78, 5) is 31.5. The summed E-state index contributed by atoms with van der Waals surface area (Å²) in [5.41, 5.74) is 1.74. The minimum atomic E-state index is -0.170. The van der Waals surface area contributed by atoms with E-state index in [1.807, 2.05) is 44.2 Å². The minimum Gasteiger partial charge on any atom is -0.352 e. The van der Waals surface area contributed by atoms with Gasteiger partial charge in [0, 0.05) is 16.5 Å². The lowest BCUT2D eigenvalue weighted by Gasteiger charge is -2.13. The molecule has 0 bridgehead atoms. The highest BCUT2D eigenvalue weighted by molar-refractivity contribution is 7.19. The van der Waals surface area contributed by atoms with E-state index < -0.39 is 0 Å². The SMILES string of the molecule is CCCC(C)NC(=O)Cn1cnc2sc(C)c(-c3ccccc3)c2c1=O. The Morgan fingerprint density at radius 1 is 1.31 bits per heavy atom. The van der Waals surface area contributed by atoms with Crippen LogP contribution in [0.5, 0.6) is 0 Å². The highest BCUT2D eigenvalue weighted by Crippen LogP contribution is 2.35. The van der Waals surface area contributed by atoms with Gasteiger partial charge in [-0.25, -0.2) is 4.98 Å². The Morgan fingerprint density at radius 2 is 2.04 bits per heavy atom. The van der Waals surface area contributed by atoms with Crippen LogP contribution in [0.1, 0.15) is 31.6 Å². The van der Waals surface area contributed by atoms with E-state index in [4.69, 9.17) is 0 Å². The van der Waals surface area contributed by atoms with Crippen LogP contribution in [0.3, 0.4) is 0 Å². The lowest BCUT2D eigenvalue weighted by molar-refractivity contribution is -0.122. The first kappa shape index (κ1) is 18.3. The molecule has 26 heavy (non-hydrogen) atoms. The van der Waals surface area contributed by atoms with E-state index in [1.165, 1.54) is 22.2 Å². The summed E-state index contributed by atoms with van der Waals surface area (Å²) in [5, 5.41) is 3.53. The van der Waals surface area contributed by atoms with Crippen LogP contribution in [0.2, 0.25) is 0 Å². The number of rotatable bonds is 6. The number of hydrogen-bond acceptors (Lipinski definition) is 4. The highest BCUT2D eigenvalue weighted by Gasteiger charge is 2.18. The zero-order valence-electron chi connectivity index (χ0n) is 15.3. The highest BCUT2D eigenvalue weighted by atomic mass is 32.1. The maximum atomic E-state index is 13.0. The lowest BCUT2D eigenvalue weighted by atomic mass is 10.0. The summed E-state index contributed by atoms with van der Waals surface area (Å²) in [6, 6.07) is 9.94. The fourth-order valence-corrected chi connectivity index (χ4v) is 4.19. The fourth-order valence-electron chi connectivity index (χ4n) is 3.18. The molecular weight excluding hydrogens is 346 g/mol. The minimum absolute atomic E-state index is 0.0149. The van der Waals surface area contributed by atoms with E-state index in [2.05, 4.69) is 17.2 Å². The van der Waals surface area contributed by atoms with Gasteiger partial charge in [-0.2, -0.15) is 0 Å². The molecule has 1 N–H and O–H groups in total. The van der Waals surface area contributed by atoms with E-state index in [-0.39, 0.29) is 24.1 Å². The van der Waals surface area contributed by atoms with Crippen molar-refractivity contribution in [1.29, 1.82) is 0 Å². The van der Waals surface area contributed by atoms with Crippen molar-refractivity contribution >= 4 is 27.5 Å². The molecular formula is C20H23N3O2S. The van der Waals surface area contributed by atoms with Crippen molar-refractivity contribution in [2.75, 3.05) is 0 Å². The summed E-state index contributed by atoms with van der Waals surface area (Å²) in [6.07, 6.45) is 3.39. The zero-order chi connectivity index (χ0) is 18.7. The van der Waals surface area contributed by atoms with Gasteiger partial charge >= 0.3 is 0 Å². The van der Waals surface area contributed by atoms with Crippen LogP contribution in [-0.4, -0.2) is 21.5 Å². The molecule has 1 atom stereocenters. The first-order valence-corrected chi connectivity index (χ1v) is 9.66. The number of carbonyl (C=O) groups excluding carboxylic acids is 1. The number of benzene rings is 1. The topological polar surface area (TPSA) is 64.0 Å². The molecule has 136 valence electrons. The van der Waals surface area contributed by atoms with Crippen LogP contribution >= 0.6 is 11.3 Å². The third-order valence-electron chi connectivity index (χ3n) is 4.36. The molecule has 0 fully saturated rings. The largest absolute Gasteiger partial charge is 0.352 e. The Labute approximate surface area is 156 Å². The van der Waals surface area contributed by atoms with E-state index in [0.29, 0.717) is 10.2 Å². The van der Waals surface area contributed by atoms with Gasteiger partial charge in [-0.3, -0.25) is 14.2 Å². The fraction of sp³-hybridized carbons (Fsp3) is 0.350. The predicted molar refractivity (Wildman–Crippen MR) is 107 cm³/mol. The average Bonchev–Trinajstić information content (AvgIpc) is 2.95. The summed E-state index contributed by atoms with van der Waals surface area (Å²) in [7, 11) is 0. The van der Waals surface area contributed by atoms with Gasteiger partial charge in [0.1, 0.15) is 11.4 Å². The number of thiophene rings is 1. The lowest BCUT2D eigenvalue weighted by Crippen LogP contribution is -2.37. The first-order chi connectivity index (χ1) is 12.5. The molecule has 0 aliphatic rings. The molecule has 0 saturated carbocycles. The van der Waals surface area contributed by atoms with Crippen molar-refractivity contribution in [1.82, 2.24) is 14.9 Å². The number of nitrogens with one attached hydrogen (secondary N) is 1. The van der Waals surface area contributed by atoms with Gasteiger partial charge in [0.25, 0.3) is 5.56 Å². The van der Waals surface area contributed by atoms with Gasteiger partial charge in [-0.15, -0.1) is 11.3 Å². The molecule has 3 aromatic rings. The molecule has 1 aromatic carbocycles. The van der Waals surface area contributed by atoms with Gasteiger partial charge in [-0.05, 0) is 25.8 Å². The van der Waals surface area contributed by atoms with Gasteiger partial charge < -0.3 is 5.32 Å². The van der Waals surface area contributed by atoms with E-state index in [9.17, 15) is 9.59 Å². The predicted octanol–water partition coefficient (Wildman–Crippen LogP) is 3.74. The van der Waals surface area contributed by atoms with Crippen molar-refractivity contribution in [3.63, 3.8) is 0 Å². The smallest absolute Gasteiger partial charge is 0.263 e. The van der Waals surface area contributed by atoms with Crippen molar-refractivity contribution in [2.45, 2.75) is 46.2 Å². The zero-order valence-corrected chi connectivity index (χ0v) is 16.1. The monoisotopic (exact) mass is 369 g/mol. The third-order valence-corrected chi connectivity index (χ3v) is 5.37. The molecule has 0 radical (unpaired) electrons. The molecule has 0 saturated heterocycles. The van der Waals surface area contributed by atoms with Crippen LogP contribution in [0.4, 0.5) is 0 Å². The molecule has 1 amide bonds. The molecule has 2 aromatic heterocycles. The molecule has 6 heteroatoms. The number of carbonyl (C=O) groups is 1. The number of fused-ring (bicyclic) bond motifs is 1. The molecule has 0 spiro atoms. The maximum absolute atomic E-state index is 13.0. The van der Waals surface area contributed by atoms with E-state index >= 15 is 0 Å². The third kappa shape index (κ3) is 3.70. The number of hydrogen-bond donors (Lipinski definition) is 1. The molecule has 5 nitrogen and oxygen atoms in total. The van der Waals surface area contributed by atoms with Crippen LogP contribution in [0, 0.1) is 6.92 Å². The second-order valence-electron chi connectivity index (χ2n) is 6.51. The Balaban J connectivity index is 1.98. The van der Waals surface area contributed by atoms with Crippen molar-refractivity contribution in [2.24, 2.45) is 0 Å². The van der Waals surface area contributed by atoms with Crippen LogP contribution in [-0.2, 0) is 11.3 Å². The van der Waals surface area contributed by atoms with Gasteiger partial charge in [0.2, 0.25) is 5.91 Å². The number of nitrogens with zero attached hydrogens (tertiary/aromatic N) is 2. The normalized spacial score (nSPS) is 12.3. The van der Waals surface area contributed by atoms with Gasteiger partial charge in [0.05, 0.1) is 11.7 Å². The van der Waals surface area contributed by atoms with Crippen molar-refractivity contribution < 1.29 is 4.79 Å². The Bertz CT molecular complexity index is 976. The quantitative estimate of drug-likeness (QED) is 0.720. The number of aromatic nitrogens is 2. The average molecular weight is 369 g/mol. The van der Waals surface area contributed by atoms with Crippen molar-refractivity contribution in [3.05, 3.63) is 51.9 Å². The Hall–Kier alpha value is -2.47. The summed E-state index contributed by atoms with van der Waals surface area (Å²) in [6.45, 7) is 6.03. The first-order valence-electron chi connectivity index (χ1n) is 8.84. The van der Waals surface area contributed by atoms with E-state index in [1.54, 1.807) is 0 Å². The summed E-state index contributed by atoms with van der Waals surface area (Å²) < 4.78 is 1.40.